The summed E-state index contributed by atoms with van der Waals surface area (Å²) in [6.45, 7) is 2.94. The highest BCUT2D eigenvalue weighted by Crippen LogP contribution is 2.39. The van der Waals surface area contributed by atoms with E-state index in [-0.39, 0.29) is 37.8 Å². The fourth-order valence-corrected chi connectivity index (χ4v) is 3.65. The maximum atomic E-state index is 14.8. The van der Waals surface area contributed by atoms with Crippen molar-refractivity contribution in [3.63, 3.8) is 0 Å². The molecule has 9 heteroatoms. The molecule has 0 spiro atoms. The zero-order valence-electron chi connectivity index (χ0n) is 15.5. The summed E-state index contributed by atoms with van der Waals surface area (Å²) in [4.78, 5) is 25.3. The predicted molar refractivity (Wildman–Crippen MR) is 105 cm³/mol. The van der Waals surface area contributed by atoms with E-state index in [1.165, 1.54) is 39.2 Å². The summed E-state index contributed by atoms with van der Waals surface area (Å²) in [5.74, 6) is -6.02. The number of carbonyl (C=O) groups is 2. The summed E-state index contributed by atoms with van der Waals surface area (Å²) in [5.41, 5.74) is 0.272. The monoisotopic (exact) mass is 441 g/mol. The number of halogens is 4. The Balaban J connectivity index is 2.38. The number of aromatic hydroxyl groups is 1. The van der Waals surface area contributed by atoms with Gasteiger partial charge in [0.05, 0.1) is 28.6 Å². The van der Waals surface area contributed by atoms with Crippen LogP contribution >= 0.6 is 23.2 Å². The average Bonchev–Trinajstić information content (AvgIpc) is 2.98. The number of aromatic nitrogens is 1. The van der Waals surface area contributed by atoms with Crippen molar-refractivity contribution < 1.29 is 28.2 Å². The zero-order chi connectivity index (χ0) is 21.6. The molecule has 0 bridgehead atoms. The molecule has 5 nitrogen and oxygen atoms in total. The number of esters is 1. The lowest BCUT2D eigenvalue weighted by Gasteiger charge is -2.11. The molecule has 0 aliphatic rings. The van der Waals surface area contributed by atoms with E-state index in [2.05, 4.69) is 0 Å². The predicted octanol–water partition coefficient (Wildman–Crippen LogP) is 5.21. The standard InChI is InChI=1S/C20H15Cl2F2NO4/c1-8(20(28)29-3)15-9(2)25(14-7-13(23)18(26)17(24)16(14)15)19(27)10-4-5-11(21)12(22)6-10/h4-8,26H,1-3H3. The molecule has 1 aromatic heterocycles. The van der Waals surface area contributed by atoms with Gasteiger partial charge in [-0.3, -0.25) is 14.2 Å². The Morgan fingerprint density at radius 3 is 2.41 bits per heavy atom. The summed E-state index contributed by atoms with van der Waals surface area (Å²) in [5, 5.41) is 9.86. The van der Waals surface area contributed by atoms with Crippen LogP contribution in [0.4, 0.5) is 8.78 Å². The highest BCUT2D eigenvalue weighted by atomic mass is 35.5. The van der Waals surface area contributed by atoms with Crippen molar-refractivity contribution in [3.8, 4) is 5.75 Å². The topological polar surface area (TPSA) is 68.5 Å². The number of ether oxygens (including phenoxy) is 1. The number of hydrogen-bond donors (Lipinski definition) is 1. The molecule has 0 amide bonds. The Hall–Kier alpha value is -2.64. The lowest BCUT2D eigenvalue weighted by atomic mass is 9.97. The minimum Gasteiger partial charge on any atom is -0.503 e. The van der Waals surface area contributed by atoms with Gasteiger partial charge < -0.3 is 9.84 Å². The van der Waals surface area contributed by atoms with Gasteiger partial charge in [-0.05, 0) is 37.6 Å². The van der Waals surface area contributed by atoms with Crippen molar-refractivity contribution in [2.24, 2.45) is 0 Å². The Morgan fingerprint density at radius 2 is 1.83 bits per heavy atom. The molecule has 1 unspecified atom stereocenters. The summed E-state index contributed by atoms with van der Waals surface area (Å²) >= 11 is 11.9. The molecule has 1 heterocycles. The fourth-order valence-electron chi connectivity index (χ4n) is 3.36. The number of rotatable bonds is 3. The first kappa shape index (κ1) is 21.1. The molecule has 0 saturated heterocycles. The summed E-state index contributed by atoms with van der Waals surface area (Å²) < 4.78 is 34.7. The molecule has 152 valence electrons. The third kappa shape index (κ3) is 3.34. The van der Waals surface area contributed by atoms with Gasteiger partial charge in [-0.1, -0.05) is 23.2 Å². The molecule has 0 aliphatic heterocycles. The number of fused-ring (bicyclic) bond motifs is 1. The Morgan fingerprint density at radius 1 is 1.17 bits per heavy atom. The lowest BCUT2D eigenvalue weighted by molar-refractivity contribution is -0.141. The van der Waals surface area contributed by atoms with Gasteiger partial charge in [0, 0.05) is 22.7 Å². The van der Waals surface area contributed by atoms with E-state index >= 15 is 0 Å². The van der Waals surface area contributed by atoms with Gasteiger partial charge in [-0.2, -0.15) is 0 Å². The van der Waals surface area contributed by atoms with Gasteiger partial charge in [0.2, 0.25) is 0 Å². The first-order valence-corrected chi connectivity index (χ1v) is 9.15. The van der Waals surface area contributed by atoms with Crippen molar-refractivity contribution in [1.29, 1.82) is 0 Å². The SMILES string of the molecule is COC(=O)C(C)c1c(C)n(C(=O)c2ccc(Cl)c(Cl)c2)c2cc(F)c(O)c(F)c12. The smallest absolute Gasteiger partial charge is 0.312 e. The zero-order valence-corrected chi connectivity index (χ0v) is 17.0. The molecule has 29 heavy (non-hydrogen) atoms. The van der Waals surface area contributed by atoms with E-state index in [0.717, 1.165) is 10.6 Å². The highest BCUT2D eigenvalue weighted by molar-refractivity contribution is 6.42. The number of methoxy groups -OCH3 is 1. The van der Waals surface area contributed by atoms with Gasteiger partial charge in [0.15, 0.2) is 17.4 Å². The first-order valence-electron chi connectivity index (χ1n) is 8.39. The molecule has 0 aliphatic carbocycles. The summed E-state index contributed by atoms with van der Waals surface area (Å²) in [7, 11) is 1.17. The largest absolute Gasteiger partial charge is 0.503 e. The van der Waals surface area contributed by atoms with E-state index in [9.17, 15) is 23.5 Å². The maximum Gasteiger partial charge on any atom is 0.312 e. The van der Waals surface area contributed by atoms with Crippen molar-refractivity contribution in [1.82, 2.24) is 4.57 Å². The second-order valence-electron chi connectivity index (χ2n) is 6.43. The van der Waals surface area contributed by atoms with Gasteiger partial charge >= 0.3 is 5.97 Å². The average molecular weight is 442 g/mol. The molecule has 1 N–H and O–H groups in total. The van der Waals surface area contributed by atoms with Crippen LogP contribution in [0.25, 0.3) is 10.9 Å². The quantitative estimate of drug-likeness (QED) is 0.566. The summed E-state index contributed by atoms with van der Waals surface area (Å²) in [6, 6.07) is 5.00. The second kappa shape index (κ2) is 7.65. The van der Waals surface area contributed by atoms with Crippen LogP contribution in [0, 0.1) is 18.6 Å². The van der Waals surface area contributed by atoms with Crippen molar-refractivity contribution in [3.05, 3.63) is 62.8 Å². The van der Waals surface area contributed by atoms with Gasteiger partial charge in [0.25, 0.3) is 5.91 Å². The molecule has 3 aromatic rings. The number of hydrogen-bond acceptors (Lipinski definition) is 4. The number of carbonyl (C=O) groups excluding carboxylic acids is 2. The first-order chi connectivity index (χ1) is 13.6. The summed E-state index contributed by atoms with van der Waals surface area (Å²) in [6.07, 6.45) is 0. The van der Waals surface area contributed by atoms with Crippen molar-refractivity contribution in [2.45, 2.75) is 19.8 Å². The number of nitrogens with zero attached hydrogens (tertiary/aromatic N) is 1. The molecule has 2 aromatic carbocycles. The van der Waals surface area contributed by atoms with Gasteiger partial charge in [-0.25, -0.2) is 8.78 Å². The van der Waals surface area contributed by atoms with Crippen LogP contribution in [-0.2, 0) is 9.53 Å². The molecule has 0 fully saturated rings. The highest BCUT2D eigenvalue weighted by Gasteiger charge is 2.31. The van der Waals surface area contributed by atoms with E-state index in [4.69, 9.17) is 27.9 Å². The second-order valence-corrected chi connectivity index (χ2v) is 7.24. The minimum absolute atomic E-state index is 0.105. The number of phenolic OH excluding ortho intramolecular Hbond substituents is 1. The Kier molecular flexibility index (Phi) is 5.56. The normalized spacial score (nSPS) is 12.2. The molecule has 1 atom stereocenters. The molecular weight excluding hydrogens is 427 g/mol. The van der Waals surface area contributed by atoms with E-state index in [1.54, 1.807) is 0 Å². The van der Waals surface area contributed by atoms with E-state index in [0.29, 0.717) is 0 Å². The number of benzene rings is 2. The van der Waals surface area contributed by atoms with Gasteiger partial charge in [-0.15, -0.1) is 0 Å². The Bertz CT molecular complexity index is 1170. The third-order valence-corrected chi connectivity index (χ3v) is 5.51. The maximum absolute atomic E-state index is 14.8. The number of phenols is 1. The Labute approximate surface area is 174 Å². The lowest BCUT2D eigenvalue weighted by Crippen LogP contribution is -2.16. The minimum atomic E-state index is -1.27. The van der Waals surface area contributed by atoms with Crippen molar-refractivity contribution in [2.75, 3.05) is 7.11 Å². The van der Waals surface area contributed by atoms with Crippen LogP contribution in [0.1, 0.15) is 34.5 Å². The van der Waals surface area contributed by atoms with E-state index in [1.807, 2.05) is 0 Å². The molecule has 3 rings (SSSR count). The van der Waals surface area contributed by atoms with E-state index < -0.39 is 35.2 Å². The van der Waals surface area contributed by atoms with Crippen LogP contribution in [-0.4, -0.2) is 28.7 Å². The van der Waals surface area contributed by atoms with Crippen LogP contribution in [0.5, 0.6) is 5.75 Å². The third-order valence-electron chi connectivity index (χ3n) is 4.77. The fraction of sp³-hybridized carbons (Fsp3) is 0.200. The van der Waals surface area contributed by atoms with Crippen LogP contribution in [0.15, 0.2) is 24.3 Å². The van der Waals surface area contributed by atoms with Gasteiger partial charge in [0.1, 0.15) is 0 Å². The van der Waals surface area contributed by atoms with Crippen molar-refractivity contribution >= 4 is 46.0 Å². The molecule has 0 saturated carbocycles. The van der Waals surface area contributed by atoms with Crippen LogP contribution < -0.4 is 0 Å². The van der Waals surface area contributed by atoms with Crippen LogP contribution in [0.3, 0.4) is 0 Å². The van der Waals surface area contributed by atoms with Crippen LogP contribution in [0.2, 0.25) is 10.0 Å². The molecule has 0 radical (unpaired) electrons. The molecular formula is C20H15Cl2F2NO4.